The van der Waals surface area contributed by atoms with Crippen LogP contribution in [0.3, 0.4) is 0 Å². The molecule has 3 N–H and O–H groups in total. The molecule has 14 heavy (non-hydrogen) atoms. The number of nitrogens with two attached hydrogens (primary N) is 1. The lowest BCUT2D eigenvalue weighted by Gasteiger charge is -2.19. The van der Waals surface area contributed by atoms with Gasteiger partial charge in [-0.15, -0.1) is 0 Å². The summed E-state index contributed by atoms with van der Waals surface area (Å²) >= 11 is 0. The number of anilines is 2. The van der Waals surface area contributed by atoms with Gasteiger partial charge in [-0.25, -0.2) is 0 Å². The van der Waals surface area contributed by atoms with Crippen molar-refractivity contribution in [3.63, 3.8) is 0 Å². The number of aromatic amines is 1. The van der Waals surface area contributed by atoms with Gasteiger partial charge in [0.2, 0.25) is 5.95 Å². The molecule has 0 saturated carbocycles. The second-order valence-electron chi connectivity index (χ2n) is 3.07. The van der Waals surface area contributed by atoms with Crippen LogP contribution < -0.4 is 16.2 Å². The van der Waals surface area contributed by atoms with E-state index < -0.39 is 0 Å². The van der Waals surface area contributed by atoms with E-state index in [0.29, 0.717) is 17.3 Å². The zero-order valence-electron chi connectivity index (χ0n) is 8.79. The average Bonchev–Trinajstić information content (AvgIpc) is 2.16. The van der Waals surface area contributed by atoms with Gasteiger partial charge in [0, 0.05) is 13.1 Å². The highest BCUT2D eigenvalue weighted by molar-refractivity contribution is 5.43. The van der Waals surface area contributed by atoms with Crippen molar-refractivity contribution in [2.75, 3.05) is 23.7 Å². The Hall–Kier alpha value is -1.52. The number of nitrogens with one attached hydrogen (secondary N) is 1. The molecular formula is C9H16N4O. The molecule has 0 aliphatic rings. The average molecular weight is 196 g/mol. The standard InChI is InChI=1S/C9H16N4O/c1-4-13(5-2)9-11-7(10)6(3)8(14)12-9/h4-5H2,1-3H3,(H3,10,11,12,14). The van der Waals surface area contributed by atoms with Crippen LogP contribution in [0.15, 0.2) is 4.79 Å². The smallest absolute Gasteiger partial charge is 0.257 e. The second-order valence-corrected chi connectivity index (χ2v) is 3.07. The monoisotopic (exact) mass is 196 g/mol. The van der Waals surface area contributed by atoms with Gasteiger partial charge in [0.05, 0.1) is 5.56 Å². The van der Waals surface area contributed by atoms with Crippen LogP contribution in [0.4, 0.5) is 11.8 Å². The SMILES string of the molecule is CCN(CC)c1nc(N)c(C)c(=O)[nH]1. The van der Waals surface area contributed by atoms with E-state index in [1.807, 2.05) is 18.7 Å². The first-order valence-corrected chi connectivity index (χ1v) is 4.71. The Kier molecular flexibility index (Phi) is 3.11. The van der Waals surface area contributed by atoms with Crippen molar-refractivity contribution < 1.29 is 0 Å². The molecule has 1 heterocycles. The summed E-state index contributed by atoms with van der Waals surface area (Å²) in [5.41, 5.74) is 5.92. The van der Waals surface area contributed by atoms with Crippen molar-refractivity contribution in [2.24, 2.45) is 0 Å². The van der Waals surface area contributed by atoms with Crippen LogP contribution >= 0.6 is 0 Å². The van der Waals surface area contributed by atoms with Crippen LogP contribution in [0.5, 0.6) is 0 Å². The molecule has 0 amide bonds. The van der Waals surface area contributed by atoms with Crippen molar-refractivity contribution in [1.29, 1.82) is 0 Å². The normalized spacial score (nSPS) is 10.2. The molecular weight excluding hydrogens is 180 g/mol. The third kappa shape index (κ3) is 1.86. The van der Waals surface area contributed by atoms with Crippen LogP contribution in [-0.2, 0) is 0 Å². The maximum Gasteiger partial charge on any atom is 0.257 e. The minimum atomic E-state index is -0.167. The van der Waals surface area contributed by atoms with Crippen molar-refractivity contribution in [2.45, 2.75) is 20.8 Å². The highest BCUT2D eigenvalue weighted by atomic mass is 16.1. The molecule has 0 bridgehead atoms. The van der Waals surface area contributed by atoms with Crippen LogP contribution in [0.1, 0.15) is 19.4 Å². The number of nitrogen functional groups attached to an aromatic ring is 1. The maximum atomic E-state index is 11.4. The number of H-pyrrole nitrogens is 1. The molecule has 5 nitrogen and oxygen atoms in total. The fourth-order valence-corrected chi connectivity index (χ4v) is 1.21. The van der Waals surface area contributed by atoms with Gasteiger partial charge in [0.15, 0.2) is 0 Å². The van der Waals surface area contributed by atoms with E-state index in [4.69, 9.17) is 5.73 Å². The first-order chi connectivity index (χ1) is 6.60. The van der Waals surface area contributed by atoms with E-state index in [0.717, 1.165) is 13.1 Å². The minimum Gasteiger partial charge on any atom is -0.383 e. The quantitative estimate of drug-likeness (QED) is 0.738. The topological polar surface area (TPSA) is 75.0 Å². The van der Waals surface area contributed by atoms with E-state index in [2.05, 4.69) is 9.97 Å². The number of hydrogen-bond donors (Lipinski definition) is 2. The van der Waals surface area contributed by atoms with Gasteiger partial charge in [-0.05, 0) is 20.8 Å². The largest absolute Gasteiger partial charge is 0.383 e. The summed E-state index contributed by atoms with van der Waals surface area (Å²) in [5.74, 6) is 0.846. The Balaban J connectivity index is 3.18. The Bertz CT molecular complexity index is 368. The highest BCUT2D eigenvalue weighted by Gasteiger charge is 2.08. The van der Waals surface area contributed by atoms with E-state index in [1.165, 1.54) is 0 Å². The van der Waals surface area contributed by atoms with Gasteiger partial charge < -0.3 is 10.6 Å². The molecule has 1 aromatic heterocycles. The van der Waals surface area contributed by atoms with Crippen molar-refractivity contribution in [3.8, 4) is 0 Å². The Labute approximate surface area is 83.0 Å². The predicted molar refractivity (Wildman–Crippen MR) is 57.6 cm³/mol. The molecule has 78 valence electrons. The van der Waals surface area contributed by atoms with E-state index >= 15 is 0 Å². The van der Waals surface area contributed by atoms with Gasteiger partial charge in [-0.3, -0.25) is 9.78 Å². The Morgan fingerprint density at radius 1 is 1.43 bits per heavy atom. The molecule has 5 heteroatoms. The fourth-order valence-electron chi connectivity index (χ4n) is 1.21. The summed E-state index contributed by atoms with van der Waals surface area (Å²) in [4.78, 5) is 20.2. The van der Waals surface area contributed by atoms with Gasteiger partial charge in [0.25, 0.3) is 5.56 Å². The summed E-state index contributed by atoms with van der Waals surface area (Å²) < 4.78 is 0. The van der Waals surface area contributed by atoms with Crippen LogP contribution in [-0.4, -0.2) is 23.1 Å². The van der Waals surface area contributed by atoms with Gasteiger partial charge in [0.1, 0.15) is 5.82 Å². The fraction of sp³-hybridized carbons (Fsp3) is 0.556. The molecule has 0 unspecified atom stereocenters. The lowest BCUT2D eigenvalue weighted by Crippen LogP contribution is -2.28. The zero-order valence-corrected chi connectivity index (χ0v) is 8.79. The van der Waals surface area contributed by atoms with E-state index in [-0.39, 0.29) is 5.56 Å². The molecule has 0 radical (unpaired) electrons. The first kappa shape index (κ1) is 10.6. The van der Waals surface area contributed by atoms with Crippen molar-refractivity contribution in [3.05, 3.63) is 15.9 Å². The molecule has 1 rings (SSSR count). The van der Waals surface area contributed by atoms with Gasteiger partial charge in [-0.2, -0.15) is 4.98 Å². The third-order valence-corrected chi connectivity index (χ3v) is 2.24. The number of aromatic nitrogens is 2. The Morgan fingerprint density at radius 2 is 2.00 bits per heavy atom. The van der Waals surface area contributed by atoms with E-state index in [9.17, 15) is 4.79 Å². The summed E-state index contributed by atoms with van der Waals surface area (Å²) in [6.45, 7) is 7.25. The molecule has 0 spiro atoms. The van der Waals surface area contributed by atoms with Crippen molar-refractivity contribution in [1.82, 2.24) is 9.97 Å². The van der Waals surface area contributed by atoms with E-state index in [1.54, 1.807) is 6.92 Å². The first-order valence-electron chi connectivity index (χ1n) is 4.71. The van der Waals surface area contributed by atoms with Gasteiger partial charge >= 0.3 is 0 Å². The number of rotatable bonds is 3. The number of nitrogens with zero attached hydrogens (tertiary/aromatic N) is 2. The maximum absolute atomic E-state index is 11.4. The summed E-state index contributed by atoms with van der Waals surface area (Å²) in [5, 5.41) is 0. The zero-order chi connectivity index (χ0) is 10.7. The second kappa shape index (κ2) is 4.13. The lowest BCUT2D eigenvalue weighted by molar-refractivity contribution is 0.815. The predicted octanol–water partition coefficient (Wildman–Crippen LogP) is 0.507. The minimum absolute atomic E-state index is 0.167. The van der Waals surface area contributed by atoms with Crippen LogP contribution in [0.25, 0.3) is 0 Å². The molecule has 0 aliphatic carbocycles. The number of hydrogen-bond acceptors (Lipinski definition) is 4. The summed E-state index contributed by atoms with van der Waals surface area (Å²) in [6, 6.07) is 0. The summed E-state index contributed by atoms with van der Waals surface area (Å²) in [7, 11) is 0. The molecule has 0 fully saturated rings. The molecule has 0 aliphatic heterocycles. The van der Waals surface area contributed by atoms with Gasteiger partial charge in [-0.1, -0.05) is 0 Å². The Morgan fingerprint density at radius 3 is 2.43 bits per heavy atom. The van der Waals surface area contributed by atoms with Crippen molar-refractivity contribution >= 4 is 11.8 Å². The third-order valence-electron chi connectivity index (χ3n) is 2.24. The molecule has 0 saturated heterocycles. The van der Waals surface area contributed by atoms with Crippen LogP contribution in [0, 0.1) is 6.92 Å². The molecule has 0 atom stereocenters. The lowest BCUT2D eigenvalue weighted by atomic mass is 10.3. The molecule has 0 aromatic carbocycles. The van der Waals surface area contributed by atoms with Crippen LogP contribution in [0.2, 0.25) is 0 Å². The summed E-state index contributed by atoms with van der Waals surface area (Å²) in [6.07, 6.45) is 0. The molecule has 1 aromatic rings. The highest BCUT2D eigenvalue weighted by Crippen LogP contribution is 2.08.